The highest BCUT2D eigenvalue weighted by Crippen LogP contribution is 2.57. The fraction of sp³-hybridized carbons (Fsp3) is 0.800. The van der Waals surface area contributed by atoms with E-state index in [1.807, 2.05) is 6.08 Å². The minimum atomic E-state index is -0.173. The number of fused-ring (bicyclic) bond motifs is 3. The smallest absolute Gasteiger partial charge is 0.302 e. The zero-order valence-electron chi connectivity index (χ0n) is 14.9. The van der Waals surface area contributed by atoms with Crippen LogP contribution in [0.4, 0.5) is 0 Å². The summed E-state index contributed by atoms with van der Waals surface area (Å²) in [5.41, 5.74) is 1.49. The van der Waals surface area contributed by atoms with Crippen molar-refractivity contribution in [3.05, 3.63) is 11.6 Å². The Kier molecular flexibility index (Phi) is 4.41. The van der Waals surface area contributed by atoms with Crippen LogP contribution in [0.15, 0.2) is 11.6 Å². The highest BCUT2D eigenvalue weighted by atomic mass is 16.5. The van der Waals surface area contributed by atoms with Gasteiger partial charge < -0.3 is 4.74 Å². The Balaban J connectivity index is 1.79. The molecule has 0 aliphatic heterocycles. The van der Waals surface area contributed by atoms with E-state index in [4.69, 9.17) is 4.74 Å². The van der Waals surface area contributed by atoms with Gasteiger partial charge in [0.1, 0.15) is 6.10 Å². The number of esters is 1. The average molecular weight is 318 g/mol. The summed E-state index contributed by atoms with van der Waals surface area (Å²) in [6.45, 7) is 8.23. The molecule has 128 valence electrons. The maximum Gasteiger partial charge on any atom is 0.302 e. The molecule has 0 amide bonds. The molecular formula is C20H30O3. The molecule has 23 heavy (non-hydrogen) atoms. The maximum atomic E-state index is 11.7. The van der Waals surface area contributed by atoms with Gasteiger partial charge in [-0.25, -0.2) is 0 Å². The van der Waals surface area contributed by atoms with Crippen LogP contribution < -0.4 is 0 Å². The van der Waals surface area contributed by atoms with Gasteiger partial charge >= 0.3 is 5.97 Å². The summed E-state index contributed by atoms with van der Waals surface area (Å²) in [6, 6.07) is 0. The molecule has 0 aromatic carbocycles. The van der Waals surface area contributed by atoms with Crippen LogP contribution in [0.2, 0.25) is 0 Å². The van der Waals surface area contributed by atoms with Crippen LogP contribution in [0.3, 0.4) is 0 Å². The lowest BCUT2D eigenvalue weighted by Gasteiger charge is -2.55. The minimum Gasteiger partial charge on any atom is -0.462 e. The van der Waals surface area contributed by atoms with Crippen molar-refractivity contribution in [3.8, 4) is 0 Å². The van der Waals surface area contributed by atoms with Crippen LogP contribution >= 0.6 is 0 Å². The molecule has 3 heteroatoms. The Morgan fingerprint density at radius 2 is 2.00 bits per heavy atom. The number of carbonyl (C=O) groups is 2. The Bertz CT molecular complexity index is 535. The lowest BCUT2D eigenvalue weighted by atomic mass is 9.51. The van der Waals surface area contributed by atoms with Gasteiger partial charge in [-0.1, -0.05) is 19.4 Å². The van der Waals surface area contributed by atoms with Crippen molar-refractivity contribution in [3.63, 3.8) is 0 Å². The van der Waals surface area contributed by atoms with E-state index in [2.05, 4.69) is 20.8 Å². The van der Waals surface area contributed by atoms with Crippen molar-refractivity contribution in [1.82, 2.24) is 0 Å². The van der Waals surface area contributed by atoms with Crippen LogP contribution in [-0.4, -0.2) is 17.9 Å². The molecule has 3 aliphatic carbocycles. The highest BCUT2D eigenvalue weighted by molar-refractivity contribution is 5.91. The predicted octanol–water partition coefficient (Wildman–Crippen LogP) is 4.31. The number of allylic oxidation sites excluding steroid dienone is 2. The average Bonchev–Trinajstić information content (AvgIpc) is 2.49. The zero-order valence-corrected chi connectivity index (χ0v) is 14.9. The maximum absolute atomic E-state index is 11.7. The monoisotopic (exact) mass is 318 g/mol. The number of rotatable bonds is 2. The molecular weight excluding hydrogens is 288 g/mol. The van der Waals surface area contributed by atoms with E-state index < -0.39 is 0 Å². The molecule has 0 heterocycles. The van der Waals surface area contributed by atoms with Crippen molar-refractivity contribution in [2.75, 3.05) is 0 Å². The van der Waals surface area contributed by atoms with Gasteiger partial charge in [-0.05, 0) is 68.8 Å². The molecule has 0 radical (unpaired) electrons. The summed E-state index contributed by atoms with van der Waals surface area (Å²) >= 11 is 0. The fourth-order valence-electron chi connectivity index (χ4n) is 5.65. The molecule has 0 bridgehead atoms. The van der Waals surface area contributed by atoms with Crippen molar-refractivity contribution in [2.24, 2.45) is 29.1 Å². The quantitative estimate of drug-likeness (QED) is 0.713. The Morgan fingerprint density at radius 3 is 2.70 bits per heavy atom. The second kappa shape index (κ2) is 6.07. The van der Waals surface area contributed by atoms with Gasteiger partial charge in [0, 0.05) is 18.8 Å². The largest absolute Gasteiger partial charge is 0.462 e. The number of hydrogen-bond acceptors (Lipinski definition) is 3. The Hall–Kier alpha value is -1.12. The highest BCUT2D eigenvalue weighted by Gasteiger charge is 2.51. The van der Waals surface area contributed by atoms with Crippen molar-refractivity contribution < 1.29 is 14.3 Å². The van der Waals surface area contributed by atoms with Gasteiger partial charge in [0.2, 0.25) is 0 Å². The molecule has 0 aromatic rings. The van der Waals surface area contributed by atoms with Crippen LogP contribution in [0.1, 0.15) is 66.2 Å². The summed E-state index contributed by atoms with van der Waals surface area (Å²) in [7, 11) is 0. The first-order chi connectivity index (χ1) is 10.8. The third-order valence-electron chi connectivity index (χ3n) is 7.33. The van der Waals surface area contributed by atoms with Crippen molar-refractivity contribution in [1.29, 1.82) is 0 Å². The molecule has 3 rings (SSSR count). The first kappa shape index (κ1) is 16.7. The van der Waals surface area contributed by atoms with E-state index in [-0.39, 0.29) is 17.5 Å². The second-order valence-electron chi connectivity index (χ2n) is 8.28. The van der Waals surface area contributed by atoms with Gasteiger partial charge in [0.05, 0.1) is 0 Å². The van der Waals surface area contributed by atoms with E-state index in [0.29, 0.717) is 23.5 Å². The molecule has 0 spiro atoms. The summed E-state index contributed by atoms with van der Waals surface area (Å²) in [5, 5.41) is 0. The molecule has 2 fully saturated rings. The van der Waals surface area contributed by atoms with E-state index in [1.165, 1.54) is 25.3 Å². The van der Waals surface area contributed by atoms with E-state index in [9.17, 15) is 9.59 Å². The minimum absolute atomic E-state index is 0.0270. The molecule has 2 saturated carbocycles. The molecule has 5 unspecified atom stereocenters. The SMILES string of the molecule is CC(=O)O[C@@H](C)C1(C)CCC2C3CCC(=O)C=C3CCC2C1C. The molecule has 3 aliphatic rings. The van der Waals surface area contributed by atoms with Gasteiger partial charge in [-0.2, -0.15) is 0 Å². The van der Waals surface area contributed by atoms with Crippen LogP contribution in [0.5, 0.6) is 0 Å². The lowest BCUT2D eigenvalue weighted by Crippen LogP contribution is -2.50. The van der Waals surface area contributed by atoms with Crippen LogP contribution in [-0.2, 0) is 14.3 Å². The molecule has 3 nitrogen and oxygen atoms in total. The standard InChI is InChI=1S/C20H30O3/c1-12-17-7-5-15-11-16(22)6-8-18(15)19(17)9-10-20(12,4)13(2)23-14(3)21/h11-13,17-19H,5-10H2,1-4H3/t12?,13-,17?,18?,19?,20?/m0/s1. The number of ether oxygens (including phenoxy) is 1. The molecule has 6 atom stereocenters. The first-order valence-electron chi connectivity index (χ1n) is 9.23. The predicted molar refractivity (Wildman–Crippen MR) is 89.8 cm³/mol. The third kappa shape index (κ3) is 2.88. The summed E-state index contributed by atoms with van der Waals surface area (Å²) in [5.74, 6) is 2.75. The zero-order chi connectivity index (χ0) is 16.8. The third-order valence-corrected chi connectivity index (χ3v) is 7.33. The van der Waals surface area contributed by atoms with E-state index in [0.717, 1.165) is 31.6 Å². The van der Waals surface area contributed by atoms with Gasteiger partial charge in [-0.3, -0.25) is 9.59 Å². The molecule has 0 aromatic heterocycles. The summed E-state index contributed by atoms with van der Waals surface area (Å²) in [6.07, 6.45) is 8.28. The Morgan fingerprint density at radius 1 is 1.26 bits per heavy atom. The Labute approximate surface area is 139 Å². The lowest BCUT2D eigenvalue weighted by molar-refractivity contribution is -0.160. The topological polar surface area (TPSA) is 43.4 Å². The van der Waals surface area contributed by atoms with Crippen molar-refractivity contribution in [2.45, 2.75) is 72.3 Å². The fourth-order valence-corrected chi connectivity index (χ4v) is 5.65. The van der Waals surface area contributed by atoms with E-state index in [1.54, 1.807) is 0 Å². The second-order valence-corrected chi connectivity index (χ2v) is 8.28. The van der Waals surface area contributed by atoms with Crippen molar-refractivity contribution >= 4 is 11.8 Å². The van der Waals surface area contributed by atoms with Gasteiger partial charge in [-0.15, -0.1) is 0 Å². The number of hydrogen-bond donors (Lipinski definition) is 0. The van der Waals surface area contributed by atoms with Crippen LogP contribution in [0, 0.1) is 29.1 Å². The van der Waals surface area contributed by atoms with E-state index >= 15 is 0 Å². The number of ketones is 1. The van der Waals surface area contributed by atoms with Crippen LogP contribution in [0.25, 0.3) is 0 Å². The summed E-state index contributed by atoms with van der Waals surface area (Å²) < 4.78 is 5.57. The summed E-state index contributed by atoms with van der Waals surface area (Å²) in [4.78, 5) is 23.1. The molecule has 0 N–H and O–H groups in total. The first-order valence-corrected chi connectivity index (χ1v) is 9.23. The van der Waals surface area contributed by atoms with Gasteiger partial charge in [0.25, 0.3) is 0 Å². The van der Waals surface area contributed by atoms with Gasteiger partial charge in [0.15, 0.2) is 5.78 Å². The number of carbonyl (C=O) groups excluding carboxylic acids is 2. The molecule has 0 saturated heterocycles. The normalized spacial score (nSPS) is 41.4.